The summed E-state index contributed by atoms with van der Waals surface area (Å²) >= 11 is 12.3. The van der Waals surface area contributed by atoms with Gasteiger partial charge in [0.1, 0.15) is 17.7 Å². The molecule has 238 valence electrons. The van der Waals surface area contributed by atoms with Crippen LogP contribution in [0.2, 0.25) is 10.2 Å². The Morgan fingerprint density at radius 3 is 2.53 bits per heavy atom. The lowest BCUT2D eigenvalue weighted by atomic mass is 10.0. The number of amides is 1. The molecule has 0 saturated heterocycles. The molecule has 3 aromatic carbocycles. The van der Waals surface area contributed by atoms with Gasteiger partial charge in [0, 0.05) is 47.2 Å². The zero-order valence-corrected chi connectivity index (χ0v) is 26.8. The standard InChI is InChI=1S/C33H28Cl2FN9O2/c1-42(2)19-31-37-12-13-43(31)23-9-10-26(25(36)16-23)39-33(47)29(14-21-6-4-3-5-7-21)44-20-38-27(17-32(44)46)24-15-22(34)8-11-28(24)45-18-30(35)40-41-45/h3-13,15-18,20,29H,14,19H2,1-2H3,(H,39,47)/t29-/m0/s1. The van der Waals surface area contributed by atoms with E-state index in [0.717, 1.165) is 11.4 Å². The van der Waals surface area contributed by atoms with Crippen molar-refractivity contribution in [2.24, 2.45) is 0 Å². The average Bonchev–Trinajstić information content (AvgIpc) is 3.70. The highest BCUT2D eigenvalue weighted by Crippen LogP contribution is 2.29. The van der Waals surface area contributed by atoms with Crippen LogP contribution in [0.25, 0.3) is 22.6 Å². The molecule has 0 fully saturated rings. The lowest BCUT2D eigenvalue weighted by molar-refractivity contribution is -0.119. The summed E-state index contributed by atoms with van der Waals surface area (Å²) in [5.41, 5.74) is 2.16. The van der Waals surface area contributed by atoms with Gasteiger partial charge in [0.15, 0.2) is 5.15 Å². The number of carbonyl (C=O) groups is 1. The number of rotatable bonds is 10. The number of anilines is 1. The van der Waals surface area contributed by atoms with E-state index in [1.807, 2.05) is 49.3 Å². The number of halogens is 3. The Kier molecular flexibility index (Phi) is 9.25. The Morgan fingerprint density at radius 1 is 1.02 bits per heavy atom. The highest BCUT2D eigenvalue weighted by Gasteiger charge is 2.25. The molecule has 3 heterocycles. The first-order valence-electron chi connectivity index (χ1n) is 14.4. The van der Waals surface area contributed by atoms with Gasteiger partial charge in [-0.25, -0.2) is 19.0 Å². The van der Waals surface area contributed by atoms with Crippen LogP contribution in [-0.2, 0) is 17.8 Å². The molecule has 11 nitrogen and oxygen atoms in total. The topological polar surface area (TPSA) is 116 Å². The normalized spacial score (nSPS) is 12.0. The molecule has 6 aromatic rings. The fourth-order valence-corrected chi connectivity index (χ4v) is 5.46. The van der Waals surface area contributed by atoms with Crippen LogP contribution >= 0.6 is 23.2 Å². The van der Waals surface area contributed by atoms with Gasteiger partial charge >= 0.3 is 0 Å². The molecule has 3 aromatic heterocycles. The third-order valence-electron chi connectivity index (χ3n) is 7.36. The molecule has 1 amide bonds. The molecule has 1 atom stereocenters. The number of hydrogen-bond donors (Lipinski definition) is 1. The molecule has 0 aliphatic rings. The van der Waals surface area contributed by atoms with Crippen molar-refractivity contribution in [2.45, 2.75) is 19.0 Å². The first-order valence-corrected chi connectivity index (χ1v) is 15.2. The summed E-state index contributed by atoms with van der Waals surface area (Å²) in [7, 11) is 3.84. The Hall–Kier alpha value is -5.17. The van der Waals surface area contributed by atoms with Crippen molar-refractivity contribution < 1.29 is 9.18 Å². The van der Waals surface area contributed by atoms with Crippen molar-refractivity contribution in [3.63, 3.8) is 0 Å². The zero-order valence-electron chi connectivity index (χ0n) is 25.3. The fraction of sp³-hybridized carbons (Fsp3) is 0.152. The molecular weight excluding hydrogens is 644 g/mol. The van der Waals surface area contributed by atoms with Crippen molar-refractivity contribution in [1.29, 1.82) is 0 Å². The van der Waals surface area contributed by atoms with Crippen LogP contribution in [0.5, 0.6) is 0 Å². The van der Waals surface area contributed by atoms with Gasteiger partial charge in [0.05, 0.1) is 36.1 Å². The van der Waals surface area contributed by atoms with Gasteiger partial charge in [0.25, 0.3) is 5.56 Å². The summed E-state index contributed by atoms with van der Waals surface area (Å²) in [5.74, 6) is -0.491. The van der Waals surface area contributed by atoms with Crippen molar-refractivity contribution in [3.05, 3.63) is 135 Å². The Balaban J connectivity index is 1.32. The van der Waals surface area contributed by atoms with E-state index in [-0.39, 0.29) is 17.3 Å². The zero-order chi connectivity index (χ0) is 33.1. The third-order valence-corrected chi connectivity index (χ3v) is 7.77. The molecular formula is C33H28Cl2FN9O2. The van der Waals surface area contributed by atoms with E-state index in [0.29, 0.717) is 34.2 Å². The molecule has 0 unspecified atom stereocenters. The maximum absolute atomic E-state index is 15.5. The van der Waals surface area contributed by atoms with Gasteiger partial charge in [0.2, 0.25) is 5.91 Å². The predicted octanol–water partition coefficient (Wildman–Crippen LogP) is 5.61. The van der Waals surface area contributed by atoms with E-state index in [4.69, 9.17) is 23.2 Å². The van der Waals surface area contributed by atoms with Crippen molar-refractivity contribution >= 4 is 34.8 Å². The van der Waals surface area contributed by atoms with Gasteiger partial charge in [-0.1, -0.05) is 58.7 Å². The monoisotopic (exact) mass is 671 g/mol. The second-order valence-corrected chi connectivity index (χ2v) is 11.8. The van der Waals surface area contributed by atoms with Crippen LogP contribution in [0.1, 0.15) is 17.4 Å². The maximum Gasteiger partial charge on any atom is 0.254 e. The summed E-state index contributed by atoms with van der Waals surface area (Å²) < 4.78 is 19.9. The van der Waals surface area contributed by atoms with E-state index in [2.05, 4.69) is 25.6 Å². The molecule has 0 aliphatic heterocycles. The molecule has 47 heavy (non-hydrogen) atoms. The molecule has 0 saturated carbocycles. The summed E-state index contributed by atoms with van der Waals surface area (Å²) in [5, 5.41) is 11.1. The van der Waals surface area contributed by atoms with E-state index in [9.17, 15) is 9.59 Å². The van der Waals surface area contributed by atoms with Gasteiger partial charge in [-0.2, -0.15) is 0 Å². The first kappa shape index (κ1) is 31.8. The quantitative estimate of drug-likeness (QED) is 0.201. The third kappa shape index (κ3) is 7.14. The molecule has 0 bridgehead atoms. The van der Waals surface area contributed by atoms with E-state index >= 15 is 4.39 Å². The van der Waals surface area contributed by atoms with Crippen molar-refractivity contribution in [3.8, 4) is 22.6 Å². The number of hydrogen-bond acceptors (Lipinski definition) is 7. The van der Waals surface area contributed by atoms with Crippen LogP contribution in [0.3, 0.4) is 0 Å². The van der Waals surface area contributed by atoms with E-state index in [1.165, 1.54) is 40.0 Å². The molecule has 0 aliphatic carbocycles. The molecule has 0 radical (unpaired) electrons. The van der Waals surface area contributed by atoms with E-state index < -0.39 is 23.3 Å². The first-order chi connectivity index (χ1) is 22.7. The van der Waals surface area contributed by atoms with Crippen LogP contribution in [0.15, 0.2) is 103 Å². The number of imidazole rings is 1. The summed E-state index contributed by atoms with van der Waals surface area (Å²) in [6.07, 6.45) is 6.36. The summed E-state index contributed by atoms with van der Waals surface area (Å²) in [4.78, 5) is 38.3. The van der Waals surface area contributed by atoms with Gasteiger partial charge < -0.3 is 14.8 Å². The Labute approximate surface area is 278 Å². The highest BCUT2D eigenvalue weighted by molar-refractivity contribution is 6.31. The molecule has 1 N–H and O–H groups in total. The lowest BCUT2D eigenvalue weighted by Crippen LogP contribution is -2.35. The van der Waals surface area contributed by atoms with Crippen LogP contribution in [-0.4, -0.2) is 59.0 Å². The SMILES string of the molecule is CN(C)Cc1nccn1-c1ccc(NC(=O)[C@H](Cc2ccccc2)n2cnc(-c3cc(Cl)ccc3-n3cc(Cl)nn3)cc2=O)c(F)c1. The largest absolute Gasteiger partial charge is 0.322 e. The average molecular weight is 673 g/mol. The van der Waals surface area contributed by atoms with Gasteiger partial charge in [-0.15, -0.1) is 5.10 Å². The molecule has 0 spiro atoms. The highest BCUT2D eigenvalue weighted by atomic mass is 35.5. The second kappa shape index (κ2) is 13.7. The summed E-state index contributed by atoms with van der Waals surface area (Å²) in [6, 6.07) is 19.0. The molecule has 6 rings (SSSR count). The number of carbonyl (C=O) groups excluding carboxylic acids is 1. The van der Waals surface area contributed by atoms with Crippen molar-refractivity contribution in [1.82, 2.24) is 39.0 Å². The number of nitrogens with zero attached hydrogens (tertiary/aromatic N) is 8. The summed E-state index contributed by atoms with van der Waals surface area (Å²) in [6.45, 7) is 0.559. The lowest BCUT2D eigenvalue weighted by Gasteiger charge is -2.20. The fourth-order valence-electron chi connectivity index (χ4n) is 5.16. The molecule has 14 heteroatoms. The predicted molar refractivity (Wildman–Crippen MR) is 178 cm³/mol. The van der Waals surface area contributed by atoms with Crippen LogP contribution in [0, 0.1) is 5.82 Å². The number of aromatic nitrogens is 7. The minimum Gasteiger partial charge on any atom is -0.322 e. The smallest absolute Gasteiger partial charge is 0.254 e. The van der Waals surface area contributed by atoms with Crippen LogP contribution in [0.4, 0.5) is 10.1 Å². The maximum atomic E-state index is 15.5. The Morgan fingerprint density at radius 2 is 1.83 bits per heavy atom. The number of benzene rings is 3. The Bertz CT molecular complexity index is 2110. The minimum atomic E-state index is -1.06. The van der Waals surface area contributed by atoms with Crippen LogP contribution < -0.4 is 10.9 Å². The number of nitrogens with one attached hydrogen (secondary N) is 1. The second-order valence-electron chi connectivity index (χ2n) is 11.0. The van der Waals surface area contributed by atoms with E-state index in [1.54, 1.807) is 41.2 Å². The van der Waals surface area contributed by atoms with Gasteiger partial charge in [-0.3, -0.25) is 14.2 Å². The van der Waals surface area contributed by atoms with Gasteiger partial charge in [-0.05, 0) is 50.0 Å². The van der Waals surface area contributed by atoms with Crippen molar-refractivity contribution in [2.75, 3.05) is 19.4 Å². The minimum absolute atomic E-state index is 0.0289.